The second-order valence-corrected chi connectivity index (χ2v) is 4.90. The van der Waals surface area contributed by atoms with Gasteiger partial charge in [-0.05, 0) is 18.2 Å². The molecule has 0 saturated carbocycles. The molecule has 0 amide bonds. The second kappa shape index (κ2) is 5.38. The Morgan fingerprint density at radius 1 is 1.37 bits per heavy atom. The number of benzene rings is 1. The Kier molecular flexibility index (Phi) is 3.43. The molecule has 3 aromatic rings. The summed E-state index contributed by atoms with van der Waals surface area (Å²) in [6, 6.07) is 7.45. The van der Waals surface area contributed by atoms with Crippen LogP contribution in [0.25, 0.3) is 11.5 Å². The molecular weight excluding hydrogens is 284 g/mol. The summed E-state index contributed by atoms with van der Waals surface area (Å²) in [5, 5.41) is 9.60. The van der Waals surface area contributed by atoms with Gasteiger partial charge in [0.1, 0.15) is 5.69 Å². The van der Waals surface area contributed by atoms with Crippen molar-refractivity contribution < 1.29 is 4.52 Å². The molecule has 7 heteroatoms. The maximum Gasteiger partial charge on any atom is 0.246 e. The highest BCUT2D eigenvalue weighted by molar-refractivity contribution is 7.07. The van der Waals surface area contributed by atoms with Gasteiger partial charge in [-0.1, -0.05) is 22.8 Å². The molecule has 0 aliphatic heterocycles. The third-order valence-electron chi connectivity index (χ3n) is 2.40. The average molecular weight is 293 g/mol. The number of thiazole rings is 1. The van der Waals surface area contributed by atoms with Gasteiger partial charge in [0, 0.05) is 16.1 Å². The first kappa shape index (κ1) is 12.1. The van der Waals surface area contributed by atoms with Crippen LogP contribution in [0.5, 0.6) is 0 Å². The van der Waals surface area contributed by atoms with Gasteiger partial charge in [-0.25, -0.2) is 4.98 Å². The van der Waals surface area contributed by atoms with Gasteiger partial charge in [-0.15, -0.1) is 11.3 Å². The summed E-state index contributed by atoms with van der Waals surface area (Å²) in [5.41, 5.74) is 3.36. The van der Waals surface area contributed by atoms with Crippen molar-refractivity contribution in [3.8, 4) is 11.5 Å². The van der Waals surface area contributed by atoms with Gasteiger partial charge in [0.05, 0.1) is 12.1 Å². The summed E-state index contributed by atoms with van der Waals surface area (Å²) in [6.07, 6.45) is 0. The first-order chi connectivity index (χ1) is 9.31. The lowest BCUT2D eigenvalue weighted by Gasteiger charge is -2.02. The molecule has 1 aromatic carbocycles. The number of anilines is 1. The number of hydrogen-bond donors (Lipinski definition) is 1. The van der Waals surface area contributed by atoms with E-state index in [0.717, 1.165) is 11.4 Å². The van der Waals surface area contributed by atoms with E-state index in [1.807, 2.05) is 29.6 Å². The van der Waals surface area contributed by atoms with E-state index < -0.39 is 0 Å². The lowest BCUT2D eigenvalue weighted by Crippen LogP contribution is -1.99. The molecule has 0 bridgehead atoms. The third-order valence-corrected chi connectivity index (χ3v) is 3.22. The van der Waals surface area contributed by atoms with Gasteiger partial charge in [0.2, 0.25) is 11.7 Å². The first-order valence-electron chi connectivity index (χ1n) is 5.52. The Morgan fingerprint density at radius 3 is 3.11 bits per heavy atom. The Balaban J connectivity index is 1.68. The minimum absolute atomic E-state index is 0.442. The monoisotopic (exact) mass is 292 g/mol. The lowest BCUT2D eigenvalue weighted by molar-refractivity contribution is 0.384. The number of nitrogens with zero attached hydrogens (tertiary/aromatic N) is 3. The fourth-order valence-corrected chi connectivity index (χ4v) is 2.25. The summed E-state index contributed by atoms with van der Waals surface area (Å²) >= 11 is 7.39. The highest BCUT2D eigenvalue weighted by atomic mass is 35.5. The van der Waals surface area contributed by atoms with E-state index in [2.05, 4.69) is 20.4 Å². The minimum Gasteiger partial charge on any atom is -0.376 e. The zero-order valence-electron chi connectivity index (χ0n) is 9.71. The predicted octanol–water partition coefficient (Wildman–Crippen LogP) is 3.46. The molecule has 0 aliphatic rings. The Bertz CT molecular complexity index is 668. The van der Waals surface area contributed by atoms with Crippen molar-refractivity contribution in [1.29, 1.82) is 0 Å². The molecule has 0 atom stereocenters. The maximum atomic E-state index is 5.90. The average Bonchev–Trinajstić information content (AvgIpc) is 3.07. The number of aromatic nitrogens is 3. The summed E-state index contributed by atoms with van der Waals surface area (Å²) in [6.45, 7) is 0.442. The predicted molar refractivity (Wildman–Crippen MR) is 74.2 cm³/mol. The summed E-state index contributed by atoms with van der Waals surface area (Å²) in [5.74, 6) is 1.01. The van der Waals surface area contributed by atoms with Crippen LogP contribution < -0.4 is 5.32 Å². The Labute approximate surface area is 118 Å². The smallest absolute Gasteiger partial charge is 0.246 e. The van der Waals surface area contributed by atoms with Crippen LogP contribution in [0.3, 0.4) is 0 Å². The first-order valence-corrected chi connectivity index (χ1v) is 6.84. The SMILES string of the molecule is Clc1cccc(NCc2nc(-c3cscn3)no2)c1. The molecule has 0 spiro atoms. The molecule has 0 unspecified atom stereocenters. The fraction of sp³-hybridized carbons (Fsp3) is 0.0833. The number of rotatable bonds is 4. The lowest BCUT2D eigenvalue weighted by atomic mass is 10.3. The molecule has 2 aromatic heterocycles. The van der Waals surface area contributed by atoms with E-state index in [4.69, 9.17) is 16.1 Å². The van der Waals surface area contributed by atoms with Crippen LogP contribution in [-0.4, -0.2) is 15.1 Å². The summed E-state index contributed by atoms with van der Waals surface area (Å²) in [4.78, 5) is 8.39. The number of hydrogen-bond acceptors (Lipinski definition) is 6. The largest absolute Gasteiger partial charge is 0.376 e. The molecule has 0 aliphatic carbocycles. The van der Waals surface area contributed by atoms with Gasteiger partial charge in [-0.3, -0.25) is 0 Å². The Morgan fingerprint density at radius 2 is 2.32 bits per heavy atom. The van der Waals surface area contributed by atoms with Crippen molar-refractivity contribution in [2.75, 3.05) is 5.32 Å². The van der Waals surface area contributed by atoms with Gasteiger partial charge in [0.15, 0.2) is 0 Å². The molecule has 0 fully saturated rings. The van der Waals surface area contributed by atoms with Crippen LogP contribution in [-0.2, 0) is 6.54 Å². The van der Waals surface area contributed by atoms with E-state index >= 15 is 0 Å². The summed E-state index contributed by atoms with van der Waals surface area (Å²) < 4.78 is 5.15. The molecule has 5 nitrogen and oxygen atoms in total. The quantitative estimate of drug-likeness (QED) is 0.798. The van der Waals surface area contributed by atoms with Crippen molar-refractivity contribution in [3.05, 3.63) is 46.1 Å². The molecule has 2 heterocycles. The van der Waals surface area contributed by atoms with Crippen LogP contribution >= 0.6 is 22.9 Å². The zero-order valence-corrected chi connectivity index (χ0v) is 11.3. The van der Waals surface area contributed by atoms with E-state index in [9.17, 15) is 0 Å². The second-order valence-electron chi connectivity index (χ2n) is 3.75. The molecule has 3 rings (SSSR count). The van der Waals surface area contributed by atoms with Gasteiger partial charge in [0.25, 0.3) is 0 Å². The van der Waals surface area contributed by atoms with Crippen molar-refractivity contribution in [2.45, 2.75) is 6.54 Å². The van der Waals surface area contributed by atoms with E-state index in [0.29, 0.717) is 23.3 Å². The molecule has 19 heavy (non-hydrogen) atoms. The van der Waals surface area contributed by atoms with Crippen LogP contribution in [0.4, 0.5) is 5.69 Å². The third kappa shape index (κ3) is 2.91. The standard InChI is InChI=1S/C12H9ClN4OS/c13-8-2-1-3-9(4-8)14-5-11-16-12(17-18-11)10-6-19-7-15-10/h1-4,6-7,14H,5H2. The number of nitrogens with one attached hydrogen (secondary N) is 1. The highest BCUT2D eigenvalue weighted by Gasteiger charge is 2.09. The van der Waals surface area contributed by atoms with Crippen molar-refractivity contribution in [3.63, 3.8) is 0 Å². The van der Waals surface area contributed by atoms with E-state index in [1.54, 1.807) is 5.51 Å². The van der Waals surface area contributed by atoms with Gasteiger partial charge in [-0.2, -0.15) is 4.98 Å². The fourth-order valence-electron chi connectivity index (χ4n) is 1.53. The van der Waals surface area contributed by atoms with Crippen LogP contribution in [0.15, 0.2) is 39.7 Å². The summed E-state index contributed by atoms with van der Waals surface area (Å²) in [7, 11) is 0. The molecule has 1 N–H and O–H groups in total. The van der Waals surface area contributed by atoms with Gasteiger partial charge >= 0.3 is 0 Å². The normalized spacial score (nSPS) is 10.6. The van der Waals surface area contributed by atoms with Crippen LogP contribution in [0.2, 0.25) is 5.02 Å². The van der Waals surface area contributed by atoms with Crippen molar-refractivity contribution in [2.24, 2.45) is 0 Å². The molecule has 0 radical (unpaired) electrons. The topological polar surface area (TPSA) is 63.8 Å². The zero-order chi connectivity index (χ0) is 13.1. The van der Waals surface area contributed by atoms with Crippen LogP contribution in [0, 0.1) is 0 Å². The van der Waals surface area contributed by atoms with E-state index in [1.165, 1.54) is 11.3 Å². The molecular formula is C12H9ClN4OS. The molecule has 96 valence electrons. The van der Waals surface area contributed by atoms with Crippen molar-refractivity contribution >= 4 is 28.6 Å². The van der Waals surface area contributed by atoms with Crippen LogP contribution in [0.1, 0.15) is 5.89 Å². The molecule has 0 saturated heterocycles. The minimum atomic E-state index is 0.442. The van der Waals surface area contributed by atoms with Crippen molar-refractivity contribution in [1.82, 2.24) is 15.1 Å². The highest BCUT2D eigenvalue weighted by Crippen LogP contribution is 2.17. The maximum absolute atomic E-state index is 5.90. The number of halogens is 1. The van der Waals surface area contributed by atoms with E-state index in [-0.39, 0.29) is 0 Å². The van der Waals surface area contributed by atoms with Gasteiger partial charge < -0.3 is 9.84 Å². The Hall–Kier alpha value is -1.92.